The summed E-state index contributed by atoms with van der Waals surface area (Å²) in [5, 5.41) is 2.87. The fraction of sp³-hybridized carbons (Fsp3) is 0.333. The maximum absolute atomic E-state index is 12.3. The Morgan fingerprint density at radius 1 is 1.22 bits per heavy atom. The lowest BCUT2D eigenvalue weighted by atomic mass is 10.1. The van der Waals surface area contributed by atoms with Crippen LogP contribution in [0.15, 0.2) is 48.5 Å². The van der Waals surface area contributed by atoms with E-state index in [9.17, 15) is 9.59 Å². The maximum Gasteiger partial charge on any atom is 0.265 e. The van der Waals surface area contributed by atoms with Crippen molar-refractivity contribution >= 4 is 23.2 Å². The third kappa shape index (κ3) is 5.00. The van der Waals surface area contributed by atoms with Crippen LogP contribution in [0.2, 0.25) is 0 Å². The molecule has 0 saturated carbocycles. The van der Waals surface area contributed by atoms with E-state index in [-0.39, 0.29) is 24.3 Å². The smallest absolute Gasteiger partial charge is 0.265 e. The molecule has 0 fully saturated rings. The second kappa shape index (κ2) is 8.58. The molecule has 0 atom stereocenters. The van der Waals surface area contributed by atoms with Crippen LogP contribution in [0.4, 0.5) is 11.4 Å². The average molecular weight is 368 g/mol. The molecule has 0 aliphatic carbocycles. The molecule has 0 saturated heterocycles. The maximum atomic E-state index is 12.3. The first-order chi connectivity index (χ1) is 13.0. The van der Waals surface area contributed by atoms with Crippen LogP contribution in [0.1, 0.15) is 20.3 Å². The molecule has 3 rings (SSSR count). The van der Waals surface area contributed by atoms with Gasteiger partial charge in [-0.25, -0.2) is 0 Å². The number of amides is 2. The van der Waals surface area contributed by atoms with E-state index in [1.54, 1.807) is 23.1 Å². The number of carbonyl (C=O) groups is 2. The van der Waals surface area contributed by atoms with Gasteiger partial charge in [0.05, 0.1) is 12.2 Å². The highest BCUT2D eigenvalue weighted by Crippen LogP contribution is 2.34. The van der Waals surface area contributed by atoms with Gasteiger partial charge in [0.25, 0.3) is 5.91 Å². The van der Waals surface area contributed by atoms with Crippen molar-refractivity contribution in [3.8, 4) is 11.5 Å². The van der Waals surface area contributed by atoms with Gasteiger partial charge in [0.2, 0.25) is 5.91 Å². The molecule has 0 aromatic heterocycles. The summed E-state index contributed by atoms with van der Waals surface area (Å²) in [5.74, 6) is 1.48. The normalized spacial score (nSPS) is 13.1. The Bertz CT molecular complexity index is 805. The van der Waals surface area contributed by atoms with E-state index in [2.05, 4.69) is 5.32 Å². The lowest BCUT2D eigenvalue weighted by molar-refractivity contribution is -0.121. The summed E-state index contributed by atoms with van der Waals surface area (Å²) in [5.41, 5.74) is 1.35. The Balaban J connectivity index is 1.65. The van der Waals surface area contributed by atoms with Gasteiger partial charge >= 0.3 is 0 Å². The average Bonchev–Trinajstić information content (AvgIpc) is 2.64. The van der Waals surface area contributed by atoms with E-state index < -0.39 is 0 Å². The van der Waals surface area contributed by atoms with Crippen LogP contribution in [0.5, 0.6) is 11.5 Å². The lowest BCUT2D eigenvalue weighted by Crippen LogP contribution is -2.41. The standard InChI is InChI=1S/C21H24N2O4/c1-15(2)12-20(24)22-16-8-9-18-19(13-16)27-14-21(25)23(18)10-11-26-17-6-4-3-5-7-17/h3-9,13,15H,10-12,14H2,1-2H3,(H,22,24). The van der Waals surface area contributed by atoms with Gasteiger partial charge in [-0.15, -0.1) is 0 Å². The topological polar surface area (TPSA) is 67.9 Å². The van der Waals surface area contributed by atoms with Crippen molar-refractivity contribution in [3.05, 3.63) is 48.5 Å². The molecule has 0 radical (unpaired) electrons. The van der Waals surface area contributed by atoms with Crippen molar-refractivity contribution in [2.45, 2.75) is 20.3 Å². The van der Waals surface area contributed by atoms with Crippen LogP contribution < -0.4 is 19.7 Å². The highest BCUT2D eigenvalue weighted by atomic mass is 16.5. The zero-order valence-electron chi connectivity index (χ0n) is 15.6. The van der Waals surface area contributed by atoms with E-state index in [4.69, 9.17) is 9.47 Å². The number of fused-ring (bicyclic) bond motifs is 1. The van der Waals surface area contributed by atoms with E-state index in [1.807, 2.05) is 44.2 Å². The molecule has 1 N–H and O–H groups in total. The molecule has 6 nitrogen and oxygen atoms in total. The second-order valence-electron chi connectivity index (χ2n) is 6.82. The van der Waals surface area contributed by atoms with Crippen molar-refractivity contribution in [2.24, 2.45) is 5.92 Å². The van der Waals surface area contributed by atoms with E-state index in [0.717, 1.165) is 5.75 Å². The van der Waals surface area contributed by atoms with E-state index >= 15 is 0 Å². The molecule has 2 amide bonds. The summed E-state index contributed by atoms with van der Waals surface area (Å²) in [6, 6.07) is 14.8. The summed E-state index contributed by atoms with van der Waals surface area (Å²) in [7, 11) is 0. The summed E-state index contributed by atoms with van der Waals surface area (Å²) in [4.78, 5) is 25.9. The molecule has 1 aliphatic rings. The van der Waals surface area contributed by atoms with Crippen molar-refractivity contribution in [1.29, 1.82) is 0 Å². The minimum Gasteiger partial charge on any atom is -0.492 e. The monoisotopic (exact) mass is 368 g/mol. The molecule has 6 heteroatoms. The molecular weight excluding hydrogens is 344 g/mol. The van der Waals surface area contributed by atoms with Gasteiger partial charge in [0.1, 0.15) is 18.1 Å². The van der Waals surface area contributed by atoms with Crippen molar-refractivity contribution in [2.75, 3.05) is 30.0 Å². The Hall–Kier alpha value is -3.02. The third-order valence-electron chi connectivity index (χ3n) is 4.11. The predicted octanol–water partition coefficient (Wildman–Crippen LogP) is 3.48. The number of ether oxygens (including phenoxy) is 2. The van der Waals surface area contributed by atoms with E-state index in [0.29, 0.717) is 36.7 Å². The summed E-state index contributed by atoms with van der Waals surface area (Å²) in [6.07, 6.45) is 0.458. The first kappa shape index (κ1) is 18.8. The number of hydrogen-bond acceptors (Lipinski definition) is 4. The fourth-order valence-corrected chi connectivity index (χ4v) is 2.88. The number of benzene rings is 2. The van der Waals surface area contributed by atoms with Gasteiger partial charge in [-0.1, -0.05) is 32.0 Å². The van der Waals surface area contributed by atoms with Crippen molar-refractivity contribution in [1.82, 2.24) is 0 Å². The van der Waals surface area contributed by atoms with Crippen LogP contribution in [0.25, 0.3) is 0 Å². The molecule has 1 heterocycles. The van der Waals surface area contributed by atoms with Gasteiger partial charge in [-0.2, -0.15) is 0 Å². The quantitative estimate of drug-likeness (QED) is 0.812. The van der Waals surface area contributed by atoms with Crippen molar-refractivity contribution in [3.63, 3.8) is 0 Å². The fourth-order valence-electron chi connectivity index (χ4n) is 2.88. The molecule has 27 heavy (non-hydrogen) atoms. The lowest BCUT2D eigenvalue weighted by Gasteiger charge is -2.29. The van der Waals surface area contributed by atoms with Gasteiger partial charge < -0.3 is 19.7 Å². The Kier molecular flexibility index (Phi) is 5.96. The summed E-state index contributed by atoms with van der Waals surface area (Å²) >= 11 is 0. The van der Waals surface area contributed by atoms with E-state index in [1.165, 1.54) is 0 Å². The minimum absolute atomic E-state index is 0.0261. The minimum atomic E-state index is -0.115. The largest absolute Gasteiger partial charge is 0.492 e. The molecule has 2 aromatic carbocycles. The van der Waals surface area contributed by atoms with Crippen LogP contribution in [-0.2, 0) is 9.59 Å². The molecule has 0 bridgehead atoms. The Morgan fingerprint density at radius 2 is 2.00 bits per heavy atom. The number of hydrogen-bond donors (Lipinski definition) is 1. The summed E-state index contributed by atoms with van der Waals surface area (Å²) < 4.78 is 11.2. The molecular formula is C21H24N2O4. The first-order valence-electron chi connectivity index (χ1n) is 9.08. The number of para-hydroxylation sites is 1. The second-order valence-corrected chi connectivity index (χ2v) is 6.82. The third-order valence-corrected chi connectivity index (χ3v) is 4.11. The van der Waals surface area contributed by atoms with Gasteiger partial charge in [-0.3, -0.25) is 9.59 Å². The Morgan fingerprint density at radius 3 is 2.74 bits per heavy atom. The number of anilines is 2. The molecule has 1 aliphatic heterocycles. The molecule has 0 spiro atoms. The zero-order chi connectivity index (χ0) is 19.2. The number of nitrogens with one attached hydrogen (secondary N) is 1. The van der Waals surface area contributed by atoms with Gasteiger partial charge in [0.15, 0.2) is 6.61 Å². The first-order valence-corrected chi connectivity index (χ1v) is 9.08. The highest BCUT2D eigenvalue weighted by molar-refractivity contribution is 5.99. The predicted molar refractivity (Wildman–Crippen MR) is 104 cm³/mol. The Labute approximate surface area is 159 Å². The number of carbonyl (C=O) groups excluding carboxylic acids is 2. The van der Waals surface area contributed by atoms with Gasteiger partial charge in [0, 0.05) is 18.2 Å². The zero-order valence-corrected chi connectivity index (χ0v) is 15.6. The highest BCUT2D eigenvalue weighted by Gasteiger charge is 2.25. The van der Waals surface area contributed by atoms with Crippen LogP contribution in [0, 0.1) is 5.92 Å². The number of nitrogens with zero attached hydrogens (tertiary/aromatic N) is 1. The molecule has 2 aromatic rings. The SMILES string of the molecule is CC(C)CC(=O)Nc1ccc2c(c1)OCC(=O)N2CCOc1ccccc1. The van der Waals surface area contributed by atoms with Crippen LogP contribution in [0.3, 0.4) is 0 Å². The van der Waals surface area contributed by atoms with Crippen LogP contribution >= 0.6 is 0 Å². The van der Waals surface area contributed by atoms with Crippen LogP contribution in [-0.4, -0.2) is 31.6 Å². The number of rotatable bonds is 7. The van der Waals surface area contributed by atoms with Gasteiger partial charge in [-0.05, 0) is 30.2 Å². The molecule has 0 unspecified atom stereocenters. The van der Waals surface area contributed by atoms with Crippen molar-refractivity contribution < 1.29 is 19.1 Å². The molecule has 142 valence electrons. The summed E-state index contributed by atoms with van der Waals surface area (Å²) in [6.45, 7) is 4.76.